The minimum Gasteiger partial charge on any atom is -0.497 e. The van der Waals surface area contributed by atoms with Gasteiger partial charge in [0.15, 0.2) is 0 Å². The van der Waals surface area contributed by atoms with E-state index in [1.807, 2.05) is 30.5 Å². The minimum absolute atomic E-state index is 0.340. The van der Waals surface area contributed by atoms with Crippen molar-refractivity contribution in [1.29, 1.82) is 0 Å². The first-order valence-electron chi connectivity index (χ1n) is 12.4. The van der Waals surface area contributed by atoms with Gasteiger partial charge >= 0.3 is 0 Å². The Morgan fingerprint density at radius 2 is 1.84 bits per heavy atom. The second-order valence-electron chi connectivity index (χ2n) is 9.98. The first-order chi connectivity index (χ1) is 18.4. The number of H-pyrrole nitrogens is 1. The second-order valence-corrected chi connectivity index (χ2v) is 9.98. The molecule has 0 bridgehead atoms. The zero-order valence-electron chi connectivity index (χ0n) is 20.3. The van der Waals surface area contributed by atoms with Gasteiger partial charge in [-0.05, 0) is 48.4 Å². The molecule has 4 atom stereocenters. The number of aromatic nitrogens is 1. The van der Waals surface area contributed by atoms with E-state index < -0.39 is 47.0 Å². The molecule has 3 aromatic carbocycles. The molecular formula is C29H23FN4O4. The van der Waals surface area contributed by atoms with Crippen LogP contribution < -0.4 is 20.3 Å². The number of fused-ring (bicyclic) bond motifs is 5. The zero-order chi connectivity index (χ0) is 26.2. The molecule has 7 rings (SSSR count). The fourth-order valence-electron chi connectivity index (χ4n) is 6.49. The quantitative estimate of drug-likeness (QED) is 0.365. The van der Waals surface area contributed by atoms with E-state index in [0.29, 0.717) is 29.1 Å². The van der Waals surface area contributed by atoms with Crippen molar-refractivity contribution in [1.82, 2.24) is 10.3 Å². The molecule has 9 heteroatoms. The number of imide groups is 1. The van der Waals surface area contributed by atoms with E-state index in [1.54, 1.807) is 24.3 Å². The Labute approximate surface area is 216 Å². The van der Waals surface area contributed by atoms with Crippen LogP contribution in [0.3, 0.4) is 0 Å². The van der Waals surface area contributed by atoms with E-state index in [2.05, 4.69) is 15.6 Å². The number of aromatic amines is 1. The first kappa shape index (κ1) is 22.7. The summed E-state index contributed by atoms with van der Waals surface area (Å²) in [5, 5.41) is 7.18. The van der Waals surface area contributed by atoms with Crippen LogP contribution in [-0.4, -0.2) is 35.9 Å². The summed E-state index contributed by atoms with van der Waals surface area (Å²) in [5.41, 5.74) is 1.45. The highest BCUT2D eigenvalue weighted by Crippen LogP contribution is 2.54. The molecule has 4 aromatic rings. The number of nitrogens with zero attached hydrogens (tertiary/aromatic N) is 1. The van der Waals surface area contributed by atoms with Crippen LogP contribution in [0.2, 0.25) is 0 Å². The maximum absolute atomic E-state index is 14.5. The van der Waals surface area contributed by atoms with Crippen molar-refractivity contribution in [2.24, 2.45) is 11.8 Å². The van der Waals surface area contributed by atoms with Crippen molar-refractivity contribution in [3.63, 3.8) is 0 Å². The van der Waals surface area contributed by atoms with Crippen molar-refractivity contribution in [3.05, 3.63) is 89.9 Å². The third kappa shape index (κ3) is 2.96. The molecule has 0 radical (unpaired) electrons. The second kappa shape index (κ2) is 8.00. The number of carbonyl (C=O) groups is 3. The predicted octanol–water partition coefficient (Wildman–Crippen LogP) is 3.48. The van der Waals surface area contributed by atoms with Crippen molar-refractivity contribution in [3.8, 4) is 5.75 Å². The molecular weight excluding hydrogens is 487 g/mol. The van der Waals surface area contributed by atoms with Gasteiger partial charge in [-0.2, -0.15) is 0 Å². The first-order valence-corrected chi connectivity index (χ1v) is 12.4. The van der Waals surface area contributed by atoms with Gasteiger partial charge in [-0.15, -0.1) is 0 Å². The Morgan fingerprint density at radius 1 is 1.00 bits per heavy atom. The molecule has 2 fully saturated rings. The van der Waals surface area contributed by atoms with Gasteiger partial charge in [0.2, 0.25) is 17.7 Å². The average molecular weight is 511 g/mol. The molecule has 190 valence electrons. The Morgan fingerprint density at radius 3 is 2.68 bits per heavy atom. The van der Waals surface area contributed by atoms with E-state index in [9.17, 15) is 18.8 Å². The highest BCUT2D eigenvalue weighted by molar-refractivity contribution is 6.25. The monoisotopic (exact) mass is 510 g/mol. The topological polar surface area (TPSA) is 104 Å². The zero-order valence-corrected chi connectivity index (χ0v) is 20.3. The molecule has 3 N–H and O–H groups in total. The maximum atomic E-state index is 14.5. The molecule has 3 amide bonds. The van der Waals surface area contributed by atoms with Crippen molar-refractivity contribution in [2.75, 3.05) is 17.3 Å². The number of carbonyl (C=O) groups excluding carboxylic acids is 3. The van der Waals surface area contributed by atoms with Crippen molar-refractivity contribution >= 4 is 40.0 Å². The molecule has 3 aliphatic rings. The van der Waals surface area contributed by atoms with Gasteiger partial charge < -0.3 is 15.0 Å². The molecule has 38 heavy (non-hydrogen) atoms. The van der Waals surface area contributed by atoms with Crippen LogP contribution in [0, 0.1) is 17.7 Å². The number of ether oxygens (including phenoxy) is 1. The summed E-state index contributed by atoms with van der Waals surface area (Å²) in [6, 6.07) is 18.0. The highest BCUT2D eigenvalue weighted by Gasteiger charge is 2.70. The molecule has 0 saturated carbocycles. The Balaban J connectivity index is 1.38. The summed E-state index contributed by atoms with van der Waals surface area (Å²) in [6.45, 7) is 0. The van der Waals surface area contributed by atoms with Gasteiger partial charge in [-0.25, -0.2) is 9.29 Å². The number of benzene rings is 3. The molecule has 1 spiro atoms. The predicted molar refractivity (Wildman–Crippen MR) is 138 cm³/mol. The van der Waals surface area contributed by atoms with Crippen LogP contribution >= 0.6 is 0 Å². The molecule has 0 unspecified atom stereocenters. The minimum atomic E-state index is -1.58. The molecule has 2 saturated heterocycles. The van der Waals surface area contributed by atoms with E-state index in [-0.39, 0.29) is 0 Å². The number of hydrogen-bond donors (Lipinski definition) is 3. The highest BCUT2D eigenvalue weighted by atomic mass is 19.1. The van der Waals surface area contributed by atoms with E-state index in [1.165, 1.54) is 25.3 Å². The van der Waals surface area contributed by atoms with Gasteiger partial charge in [0.1, 0.15) is 17.1 Å². The molecule has 4 heterocycles. The summed E-state index contributed by atoms with van der Waals surface area (Å²) in [5.74, 6) is -3.31. The Kier molecular flexibility index (Phi) is 4.77. The number of anilines is 2. The normalized spacial score (nSPS) is 25.8. The van der Waals surface area contributed by atoms with Crippen LogP contribution in [0.25, 0.3) is 10.9 Å². The van der Waals surface area contributed by atoms with Gasteiger partial charge in [0.05, 0.1) is 24.6 Å². The van der Waals surface area contributed by atoms with E-state index in [0.717, 1.165) is 21.4 Å². The number of halogens is 1. The van der Waals surface area contributed by atoms with Gasteiger partial charge in [-0.1, -0.05) is 24.3 Å². The van der Waals surface area contributed by atoms with Crippen molar-refractivity contribution < 1.29 is 23.5 Å². The lowest BCUT2D eigenvalue weighted by Crippen LogP contribution is -2.53. The average Bonchev–Trinajstić information content (AvgIpc) is 3.63. The lowest BCUT2D eigenvalue weighted by atomic mass is 9.76. The fraction of sp³-hybridized carbons (Fsp3) is 0.207. The van der Waals surface area contributed by atoms with Gasteiger partial charge in [-0.3, -0.25) is 19.7 Å². The third-order valence-electron chi connectivity index (χ3n) is 8.10. The Hall–Kier alpha value is -4.50. The van der Waals surface area contributed by atoms with Crippen LogP contribution in [0.5, 0.6) is 5.75 Å². The largest absolute Gasteiger partial charge is 0.497 e. The van der Waals surface area contributed by atoms with Crippen LogP contribution in [0.1, 0.15) is 11.1 Å². The van der Waals surface area contributed by atoms with E-state index >= 15 is 0 Å². The van der Waals surface area contributed by atoms with Gasteiger partial charge in [0.25, 0.3) is 0 Å². The Bertz CT molecular complexity index is 1670. The lowest BCUT2D eigenvalue weighted by Gasteiger charge is -2.29. The number of para-hydroxylation sites is 1. The summed E-state index contributed by atoms with van der Waals surface area (Å²) in [4.78, 5) is 46.2. The molecule has 3 aliphatic heterocycles. The summed E-state index contributed by atoms with van der Waals surface area (Å²) in [7, 11) is 1.51. The fourth-order valence-corrected chi connectivity index (χ4v) is 6.49. The lowest BCUT2D eigenvalue weighted by molar-refractivity contribution is -0.130. The SMILES string of the molecule is COc1cccc(N2C(=O)[C@@H]3[C@H](Cc4c[nH]c5ccccc45)N[C@]4(C(=O)Nc5ccc(F)cc54)[C@H]3C2=O)c1. The van der Waals surface area contributed by atoms with Crippen LogP contribution in [0.4, 0.5) is 15.8 Å². The summed E-state index contributed by atoms with van der Waals surface area (Å²) < 4.78 is 19.8. The number of nitrogens with one attached hydrogen (secondary N) is 3. The third-order valence-corrected chi connectivity index (χ3v) is 8.10. The molecule has 0 aliphatic carbocycles. The molecule has 1 aromatic heterocycles. The smallest absolute Gasteiger partial charge is 0.250 e. The number of rotatable bonds is 4. The van der Waals surface area contributed by atoms with Crippen molar-refractivity contribution in [2.45, 2.75) is 18.0 Å². The summed E-state index contributed by atoms with van der Waals surface area (Å²) in [6.07, 6.45) is 2.27. The standard InChI is InChI=1S/C29H23FN4O4/c1-38-18-6-4-5-17(13-18)34-26(35)24-23(11-15-14-31-21-8-3-2-7-19(15)21)33-29(25(24)27(34)36)20-12-16(30)9-10-22(20)32-28(29)37/h2-10,12-14,23-25,31,33H,11H2,1H3,(H,32,37)/t23-,24+,25+,29-/m0/s1. The van der Waals surface area contributed by atoms with Crippen LogP contribution in [-0.2, 0) is 26.3 Å². The maximum Gasteiger partial charge on any atom is 0.250 e. The number of hydrogen-bond acceptors (Lipinski definition) is 5. The van der Waals surface area contributed by atoms with E-state index in [4.69, 9.17) is 4.74 Å². The number of amides is 3. The number of methoxy groups -OCH3 is 1. The molecule has 8 nitrogen and oxygen atoms in total. The van der Waals surface area contributed by atoms with Gasteiger partial charge in [0, 0.05) is 40.5 Å². The van der Waals surface area contributed by atoms with Crippen LogP contribution in [0.15, 0.2) is 72.9 Å². The summed E-state index contributed by atoms with van der Waals surface area (Å²) >= 11 is 0.